The molecule has 132 valence electrons. The summed E-state index contributed by atoms with van der Waals surface area (Å²) in [6, 6.07) is 7.04. The Morgan fingerprint density at radius 1 is 1.42 bits per heavy atom. The van der Waals surface area contributed by atoms with E-state index < -0.39 is 6.61 Å². The minimum absolute atomic E-state index is 0. The summed E-state index contributed by atoms with van der Waals surface area (Å²) in [5, 5.41) is 3.38. The highest BCUT2D eigenvalue weighted by atomic mass is 35.5. The molecular weight excluding hydrogens is 338 g/mol. The second-order valence-electron chi connectivity index (χ2n) is 5.61. The van der Waals surface area contributed by atoms with Crippen LogP contribution in [0, 0.1) is 0 Å². The third-order valence-electron chi connectivity index (χ3n) is 4.02. The number of hydrogen-bond acceptors (Lipinski definition) is 4. The molecule has 1 atom stereocenters. The molecule has 1 aromatic carbocycles. The summed E-state index contributed by atoms with van der Waals surface area (Å²) in [7, 11) is 1.98. The molecule has 2 heterocycles. The summed E-state index contributed by atoms with van der Waals surface area (Å²) < 4.78 is 31.2. The zero-order chi connectivity index (χ0) is 16.2. The third kappa shape index (κ3) is 4.43. The number of halogens is 3. The largest absolute Gasteiger partial charge is 0.435 e. The first-order valence-corrected chi connectivity index (χ1v) is 7.59. The Bertz CT molecular complexity index is 653. The number of aryl methyl sites for hydroxylation is 1. The van der Waals surface area contributed by atoms with E-state index in [1.165, 1.54) is 0 Å². The van der Waals surface area contributed by atoms with Crippen LogP contribution in [0.4, 0.5) is 8.78 Å². The van der Waals surface area contributed by atoms with Gasteiger partial charge in [-0.3, -0.25) is 4.90 Å². The van der Waals surface area contributed by atoms with Gasteiger partial charge in [-0.2, -0.15) is 8.78 Å². The molecule has 1 N–H and O–H groups in total. The topological polar surface area (TPSA) is 42.3 Å². The van der Waals surface area contributed by atoms with Crippen LogP contribution in [0.5, 0.6) is 5.75 Å². The van der Waals surface area contributed by atoms with Gasteiger partial charge in [-0.05, 0) is 17.7 Å². The predicted octanol–water partition coefficient (Wildman–Crippen LogP) is 2.59. The van der Waals surface area contributed by atoms with Gasteiger partial charge in [0.25, 0.3) is 0 Å². The number of aromatic nitrogens is 2. The van der Waals surface area contributed by atoms with E-state index in [-0.39, 0.29) is 24.2 Å². The Balaban J connectivity index is 0.00000208. The number of imidazole rings is 1. The van der Waals surface area contributed by atoms with Crippen molar-refractivity contribution in [3.05, 3.63) is 48.0 Å². The summed E-state index contributed by atoms with van der Waals surface area (Å²) in [5.41, 5.74) is 0.948. The third-order valence-corrected chi connectivity index (χ3v) is 4.02. The van der Waals surface area contributed by atoms with E-state index in [0.717, 1.165) is 31.0 Å². The molecule has 1 aliphatic rings. The van der Waals surface area contributed by atoms with Gasteiger partial charge < -0.3 is 14.6 Å². The van der Waals surface area contributed by atoms with Crippen molar-refractivity contribution in [3.8, 4) is 5.75 Å². The van der Waals surface area contributed by atoms with Gasteiger partial charge in [0, 0.05) is 45.6 Å². The van der Waals surface area contributed by atoms with E-state index in [0.29, 0.717) is 6.54 Å². The maximum Gasteiger partial charge on any atom is 0.387 e. The van der Waals surface area contributed by atoms with Crippen molar-refractivity contribution < 1.29 is 13.5 Å². The fourth-order valence-corrected chi connectivity index (χ4v) is 2.94. The molecule has 0 amide bonds. The van der Waals surface area contributed by atoms with Gasteiger partial charge in [-0.1, -0.05) is 12.1 Å². The monoisotopic (exact) mass is 358 g/mol. The maximum atomic E-state index is 12.4. The Hall–Kier alpha value is -1.70. The zero-order valence-electron chi connectivity index (χ0n) is 13.4. The van der Waals surface area contributed by atoms with Gasteiger partial charge in [0.1, 0.15) is 11.6 Å². The van der Waals surface area contributed by atoms with Gasteiger partial charge in [0.05, 0.1) is 6.04 Å². The van der Waals surface area contributed by atoms with Crippen LogP contribution in [0.25, 0.3) is 0 Å². The molecule has 0 radical (unpaired) electrons. The summed E-state index contributed by atoms with van der Waals surface area (Å²) in [5.74, 6) is 1.19. The van der Waals surface area contributed by atoms with Crippen LogP contribution in [-0.2, 0) is 13.6 Å². The van der Waals surface area contributed by atoms with Gasteiger partial charge >= 0.3 is 6.61 Å². The fourth-order valence-electron chi connectivity index (χ4n) is 2.94. The summed E-state index contributed by atoms with van der Waals surface area (Å²) in [4.78, 5) is 6.75. The van der Waals surface area contributed by atoms with E-state index in [1.54, 1.807) is 24.4 Å². The Morgan fingerprint density at radius 2 is 2.25 bits per heavy atom. The highest BCUT2D eigenvalue weighted by Crippen LogP contribution is 2.24. The van der Waals surface area contributed by atoms with Gasteiger partial charge in [-0.15, -0.1) is 12.4 Å². The molecule has 24 heavy (non-hydrogen) atoms. The number of nitrogens with one attached hydrogen (secondary N) is 1. The standard InChI is InChI=1S/C16H20F2N4O.ClH/c1-21-7-6-20-15(21)14-10-19-5-8-22(14)11-12-3-2-4-13(9-12)23-16(17)18;/h2-4,6-7,9,14,16,19H,5,8,10-11H2,1H3;1H. The van der Waals surface area contributed by atoms with Crippen LogP contribution in [0.3, 0.4) is 0 Å². The molecule has 0 bridgehead atoms. The molecular formula is C16H21ClF2N4O. The van der Waals surface area contributed by atoms with E-state index in [2.05, 4.69) is 19.9 Å². The van der Waals surface area contributed by atoms with Gasteiger partial charge in [0.2, 0.25) is 0 Å². The number of piperazine rings is 1. The Labute approximate surface area is 146 Å². The summed E-state index contributed by atoms with van der Waals surface area (Å²) in [6.07, 6.45) is 3.72. The van der Waals surface area contributed by atoms with Crippen LogP contribution in [0.2, 0.25) is 0 Å². The lowest BCUT2D eigenvalue weighted by Gasteiger charge is -2.35. The molecule has 0 spiro atoms. The number of hydrogen-bond donors (Lipinski definition) is 1. The van der Waals surface area contributed by atoms with Crippen LogP contribution in [0.1, 0.15) is 17.4 Å². The van der Waals surface area contributed by atoms with Crippen molar-refractivity contribution in [2.24, 2.45) is 7.05 Å². The fraction of sp³-hybridized carbons (Fsp3) is 0.438. The van der Waals surface area contributed by atoms with E-state index in [4.69, 9.17) is 0 Å². The van der Waals surface area contributed by atoms with Crippen molar-refractivity contribution in [3.63, 3.8) is 0 Å². The van der Waals surface area contributed by atoms with E-state index in [9.17, 15) is 8.78 Å². The van der Waals surface area contributed by atoms with E-state index in [1.807, 2.05) is 23.9 Å². The molecule has 1 aromatic heterocycles. The first-order valence-electron chi connectivity index (χ1n) is 7.59. The van der Waals surface area contributed by atoms with Crippen molar-refractivity contribution in [2.75, 3.05) is 19.6 Å². The lowest BCUT2D eigenvalue weighted by molar-refractivity contribution is -0.0499. The average Bonchev–Trinajstić information content (AvgIpc) is 2.93. The number of benzene rings is 1. The van der Waals surface area contributed by atoms with Gasteiger partial charge in [-0.25, -0.2) is 4.98 Å². The molecule has 8 heteroatoms. The number of rotatable bonds is 5. The second kappa shape index (κ2) is 8.41. The normalized spacial score (nSPS) is 18.4. The highest BCUT2D eigenvalue weighted by molar-refractivity contribution is 5.85. The van der Waals surface area contributed by atoms with Crippen LogP contribution in [0.15, 0.2) is 36.7 Å². The Kier molecular flexibility index (Phi) is 6.53. The van der Waals surface area contributed by atoms with Crippen molar-refractivity contribution in [1.82, 2.24) is 19.8 Å². The number of nitrogens with zero attached hydrogens (tertiary/aromatic N) is 3. The molecule has 2 aromatic rings. The molecule has 3 rings (SSSR count). The van der Waals surface area contributed by atoms with Crippen molar-refractivity contribution >= 4 is 12.4 Å². The quantitative estimate of drug-likeness (QED) is 0.892. The lowest BCUT2D eigenvalue weighted by atomic mass is 10.1. The van der Waals surface area contributed by atoms with Crippen molar-refractivity contribution in [1.29, 1.82) is 0 Å². The second-order valence-corrected chi connectivity index (χ2v) is 5.61. The molecule has 5 nitrogen and oxygen atoms in total. The molecule has 1 aliphatic heterocycles. The summed E-state index contributed by atoms with van der Waals surface area (Å²) in [6.45, 7) is 0.452. The lowest BCUT2D eigenvalue weighted by Crippen LogP contribution is -2.46. The maximum absolute atomic E-state index is 12.4. The molecule has 1 fully saturated rings. The number of ether oxygens (including phenoxy) is 1. The van der Waals surface area contributed by atoms with Crippen molar-refractivity contribution in [2.45, 2.75) is 19.2 Å². The molecule has 0 aliphatic carbocycles. The average molecular weight is 359 g/mol. The minimum Gasteiger partial charge on any atom is -0.435 e. The minimum atomic E-state index is -2.80. The smallest absolute Gasteiger partial charge is 0.387 e. The molecule has 1 saturated heterocycles. The van der Waals surface area contributed by atoms with E-state index >= 15 is 0 Å². The number of alkyl halides is 2. The van der Waals surface area contributed by atoms with Crippen LogP contribution in [-0.4, -0.2) is 40.7 Å². The SMILES string of the molecule is Cl.Cn1ccnc1C1CNCCN1Cc1cccc(OC(F)F)c1. The highest BCUT2D eigenvalue weighted by Gasteiger charge is 2.26. The van der Waals surface area contributed by atoms with Crippen LogP contribution < -0.4 is 10.1 Å². The van der Waals surface area contributed by atoms with Gasteiger partial charge in [0.15, 0.2) is 0 Å². The van der Waals surface area contributed by atoms with Crippen LogP contribution >= 0.6 is 12.4 Å². The molecule has 0 saturated carbocycles. The Morgan fingerprint density at radius 3 is 2.96 bits per heavy atom. The first kappa shape index (κ1) is 18.6. The first-order chi connectivity index (χ1) is 11.1. The molecule has 1 unspecified atom stereocenters. The summed E-state index contributed by atoms with van der Waals surface area (Å²) >= 11 is 0. The predicted molar refractivity (Wildman–Crippen MR) is 89.6 cm³/mol. The zero-order valence-corrected chi connectivity index (χ0v) is 14.2.